The van der Waals surface area contributed by atoms with Crippen LogP contribution in [0.2, 0.25) is 0 Å². The van der Waals surface area contributed by atoms with Crippen LogP contribution in [0.3, 0.4) is 0 Å². The molecule has 62 heavy (non-hydrogen) atoms. The van der Waals surface area contributed by atoms with Crippen LogP contribution in [0.4, 0.5) is 0 Å². The van der Waals surface area contributed by atoms with Crippen LogP contribution >= 0.6 is 0 Å². The van der Waals surface area contributed by atoms with Crippen molar-refractivity contribution in [2.24, 2.45) is 16.2 Å². The van der Waals surface area contributed by atoms with E-state index >= 15 is 0 Å². The molecule has 12 atom stereocenters. The maximum atomic E-state index is 13.5. The van der Waals surface area contributed by atoms with Gasteiger partial charge >= 0.3 is 29.8 Å². The van der Waals surface area contributed by atoms with Crippen molar-refractivity contribution in [3.05, 3.63) is 35.5 Å². The van der Waals surface area contributed by atoms with E-state index in [1.54, 1.807) is 67.5 Å². The second-order valence-electron chi connectivity index (χ2n) is 19.5. The molecule has 5 rings (SSSR count). The molecule has 3 fully saturated rings. The van der Waals surface area contributed by atoms with Gasteiger partial charge in [0.05, 0.1) is 54.9 Å². The number of hydrogen-bond acceptors (Lipinski definition) is 17. The molecule has 0 radical (unpaired) electrons. The Kier molecular flexibility index (Phi) is 14.9. The number of methoxy groups -OCH3 is 1. The van der Waals surface area contributed by atoms with Gasteiger partial charge in [-0.25, -0.2) is 9.59 Å². The second-order valence-corrected chi connectivity index (χ2v) is 19.5. The van der Waals surface area contributed by atoms with Gasteiger partial charge in [0.15, 0.2) is 18.0 Å². The first-order valence-electron chi connectivity index (χ1n) is 21.5. The van der Waals surface area contributed by atoms with Crippen LogP contribution in [0.25, 0.3) is 0 Å². The monoisotopic (exact) mass is 878 g/mol. The first-order valence-corrected chi connectivity index (χ1v) is 21.5. The predicted molar refractivity (Wildman–Crippen MR) is 217 cm³/mol. The summed E-state index contributed by atoms with van der Waals surface area (Å²) >= 11 is 0. The zero-order valence-corrected chi connectivity index (χ0v) is 37.5. The Balaban J connectivity index is 1.63. The van der Waals surface area contributed by atoms with Crippen LogP contribution in [0.1, 0.15) is 120 Å². The number of carbonyl (C=O) groups excluding carboxylic acids is 5. The lowest BCUT2D eigenvalue weighted by molar-refractivity contribution is -0.349. The molecule has 0 amide bonds. The normalized spacial score (nSPS) is 37.9. The Morgan fingerprint density at radius 2 is 1.66 bits per heavy atom. The maximum absolute atomic E-state index is 13.5. The van der Waals surface area contributed by atoms with Crippen molar-refractivity contribution in [2.45, 2.75) is 193 Å². The van der Waals surface area contributed by atoms with Gasteiger partial charge in [-0.3, -0.25) is 14.4 Å². The third-order valence-corrected chi connectivity index (χ3v) is 12.6. The van der Waals surface area contributed by atoms with E-state index < -0.39 is 125 Å². The fourth-order valence-corrected chi connectivity index (χ4v) is 8.66. The van der Waals surface area contributed by atoms with Crippen LogP contribution in [0, 0.1) is 16.2 Å². The highest BCUT2D eigenvalue weighted by molar-refractivity contribution is 5.87. The first kappa shape index (κ1) is 49.3. The van der Waals surface area contributed by atoms with Crippen LogP contribution < -0.4 is 0 Å². The average molecular weight is 879 g/mol. The molecule has 5 aliphatic heterocycles. The minimum Gasteiger partial charge on any atom is -0.466 e. The standard InChI is InChI=1S/C45H66O17/c1-11-12-34(48)60-39-30-21-37(51)59-38(30)32-22-31(24(2)46)57-36(50)19-26(47)18-28-20-33(58-40(52)41(3,4)5)43(8,9)44(53,61-28)23-29-16-25(17-35(49)55-10)15-27(56-29)13-14-42(6,7)45(39,54)62-32/h13-14,17,21,24,26-29,31-33,38-39,46-47,53-54H,11-12,15-16,18-20,22-23H2,1-10H3/b14-13+,25-17+/t24-,26-,27+,28?,29+,31-,32-,33-,38?,39-,44+,45-/m1/s1. The largest absolute Gasteiger partial charge is 0.466 e. The lowest BCUT2D eigenvalue weighted by Crippen LogP contribution is -2.65. The van der Waals surface area contributed by atoms with E-state index in [0.717, 1.165) is 6.08 Å². The molecule has 17 heteroatoms. The Labute approximate surface area is 363 Å². The Hall–Kier alpha value is -3.71. The first-order chi connectivity index (χ1) is 28.7. The van der Waals surface area contributed by atoms with E-state index in [9.17, 15) is 44.4 Å². The van der Waals surface area contributed by atoms with Gasteiger partial charge < -0.3 is 58.3 Å². The smallest absolute Gasteiger partial charge is 0.331 e. The van der Waals surface area contributed by atoms with Crippen molar-refractivity contribution >= 4 is 29.8 Å². The molecular weight excluding hydrogens is 812 g/mol. The zero-order valence-electron chi connectivity index (χ0n) is 37.5. The number of aliphatic hydroxyl groups is 4. The lowest BCUT2D eigenvalue weighted by Gasteiger charge is -2.54. The SMILES string of the molecule is CCCC(=O)O[C@@H]1C2=CC(=O)OC2[C@H]2C[C@H]([C@@H](C)O)OC(=O)C[C@H](O)CC3C[C@@H](OC(=O)C(C)(C)C)C(C)(C)[C@](O)(C[C@@H]4C/C(=C/C(=O)OC)C[C@H](/C=C/C(C)(C)[C@]1(O)O2)O4)O3. The summed E-state index contributed by atoms with van der Waals surface area (Å²) in [6.07, 6.45) is -6.22. The Morgan fingerprint density at radius 1 is 0.968 bits per heavy atom. The number of rotatable bonds is 6. The summed E-state index contributed by atoms with van der Waals surface area (Å²) in [6.45, 7) is 14.9. The van der Waals surface area contributed by atoms with Crippen LogP contribution in [0.15, 0.2) is 35.5 Å². The van der Waals surface area contributed by atoms with E-state index in [1.807, 2.05) is 0 Å². The maximum Gasteiger partial charge on any atom is 0.331 e. The van der Waals surface area contributed by atoms with Crippen LogP contribution in [-0.2, 0) is 61.9 Å². The van der Waals surface area contributed by atoms with Gasteiger partial charge in [0, 0.05) is 55.2 Å². The van der Waals surface area contributed by atoms with E-state index in [1.165, 1.54) is 20.1 Å². The van der Waals surface area contributed by atoms with Gasteiger partial charge in [-0.05, 0) is 47.0 Å². The quantitative estimate of drug-likeness (QED) is 0.129. The number of cyclic esters (lactones) is 1. The highest BCUT2D eigenvalue weighted by Gasteiger charge is 2.63. The Morgan fingerprint density at radius 3 is 2.29 bits per heavy atom. The minimum absolute atomic E-state index is 0.00901. The summed E-state index contributed by atoms with van der Waals surface area (Å²) in [5, 5.41) is 47.6. The van der Waals surface area contributed by atoms with Gasteiger partial charge in [0.1, 0.15) is 18.3 Å². The number of fused-ring (bicyclic) bond motifs is 8. The van der Waals surface area contributed by atoms with Crippen molar-refractivity contribution in [2.75, 3.05) is 7.11 Å². The highest BCUT2D eigenvalue weighted by atomic mass is 16.7. The number of hydrogen-bond donors (Lipinski definition) is 4. The van der Waals surface area contributed by atoms with Crippen LogP contribution in [0.5, 0.6) is 0 Å². The average Bonchev–Trinajstić information content (AvgIpc) is 3.54. The second kappa shape index (κ2) is 18.8. The number of aliphatic hydroxyl groups excluding tert-OH is 2. The topological polar surface area (TPSA) is 240 Å². The molecule has 0 aromatic rings. The summed E-state index contributed by atoms with van der Waals surface area (Å²) in [6, 6.07) is 0. The predicted octanol–water partition coefficient (Wildman–Crippen LogP) is 3.56. The molecule has 4 N–H and O–H groups in total. The van der Waals surface area contributed by atoms with Gasteiger partial charge in [-0.2, -0.15) is 0 Å². The summed E-state index contributed by atoms with van der Waals surface area (Å²) in [7, 11) is 1.25. The summed E-state index contributed by atoms with van der Waals surface area (Å²) in [5.41, 5.74) is -2.92. The molecule has 6 bridgehead atoms. The molecule has 5 aliphatic rings. The number of ether oxygens (including phenoxy) is 8. The van der Waals surface area contributed by atoms with Crippen molar-refractivity contribution in [3.63, 3.8) is 0 Å². The van der Waals surface area contributed by atoms with Gasteiger partial charge in [-0.1, -0.05) is 52.3 Å². The van der Waals surface area contributed by atoms with E-state index in [-0.39, 0.29) is 50.5 Å². The number of esters is 5. The third-order valence-electron chi connectivity index (χ3n) is 12.6. The highest BCUT2D eigenvalue weighted by Crippen LogP contribution is 2.51. The van der Waals surface area contributed by atoms with Gasteiger partial charge in [-0.15, -0.1) is 0 Å². The molecule has 348 valence electrons. The Bertz CT molecular complexity index is 1790. The molecule has 5 heterocycles. The van der Waals surface area contributed by atoms with Gasteiger partial charge in [0.25, 0.3) is 0 Å². The zero-order chi connectivity index (χ0) is 46.2. The minimum atomic E-state index is -2.42. The molecule has 0 saturated carbocycles. The van der Waals surface area contributed by atoms with Crippen molar-refractivity contribution < 1.29 is 82.3 Å². The fraction of sp³-hybridized carbons (Fsp3) is 0.756. The summed E-state index contributed by atoms with van der Waals surface area (Å²) in [4.78, 5) is 65.4. The molecule has 17 nitrogen and oxygen atoms in total. The fourth-order valence-electron chi connectivity index (χ4n) is 8.66. The molecule has 2 unspecified atom stereocenters. The lowest BCUT2D eigenvalue weighted by atomic mass is 9.70. The van der Waals surface area contributed by atoms with Gasteiger partial charge in [0.2, 0.25) is 5.79 Å². The van der Waals surface area contributed by atoms with E-state index in [0.29, 0.717) is 12.0 Å². The summed E-state index contributed by atoms with van der Waals surface area (Å²) < 4.78 is 47.7. The molecule has 0 aromatic heterocycles. The van der Waals surface area contributed by atoms with Crippen molar-refractivity contribution in [1.29, 1.82) is 0 Å². The van der Waals surface area contributed by atoms with Crippen molar-refractivity contribution in [1.82, 2.24) is 0 Å². The molecular formula is C45H66O17. The number of carbonyl (C=O) groups is 5. The third kappa shape index (κ3) is 10.8. The molecule has 0 spiro atoms. The molecule has 3 saturated heterocycles. The summed E-state index contributed by atoms with van der Waals surface area (Å²) in [5.74, 6) is -7.99. The van der Waals surface area contributed by atoms with E-state index in [2.05, 4.69) is 0 Å². The molecule has 0 aromatic carbocycles. The van der Waals surface area contributed by atoms with Crippen LogP contribution in [-0.4, -0.2) is 130 Å². The van der Waals surface area contributed by atoms with E-state index in [4.69, 9.17) is 37.9 Å². The molecule has 0 aliphatic carbocycles. The van der Waals surface area contributed by atoms with Crippen molar-refractivity contribution in [3.8, 4) is 0 Å².